The topological polar surface area (TPSA) is 76.1 Å². The van der Waals surface area contributed by atoms with Gasteiger partial charge in [0.2, 0.25) is 0 Å². The third-order valence-corrected chi connectivity index (χ3v) is 2.03. The fourth-order valence-electron chi connectivity index (χ4n) is 1.24. The number of carbonyl (C=O) groups excluding carboxylic acids is 1. The SMILES string of the molecule is CCCOc1cccc(/C=C(\C#N)C(N)=O)c1. The molecule has 0 aliphatic rings. The number of nitrogens with two attached hydrogens (primary N) is 1. The number of ether oxygens (including phenoxy) is 1. The lowest BCUT2D eigenvalue weighted by Gasteiger charge is -2.04. The molecule has 0 radical (unpaired) electrons. The number of rotatable bonds is 5. The van der Waals surface area contributed by atoms with E-state index in [9.17, 15) is 4.79 Å². The molecule has 0 aliphatic heterocycles. The first-order valence-electron chi connectivity index (χ1n) is 5.32. The Morgan fingerprint density at radius 3 is 2.94 bits per heavy atom. The number of hydrogen-bond donors (Lipinski definition) is 1. The van der Waals surface area contributed by atoms with Gasteiger partial charge in [-0.05, 0) is 30.2 Å². The van der Waals surface area contributed by atoms with Crippen molar-refractivity contribution in [2.24, 2.45) is 5.73 Å². The van der Waals surface area contributed by atoms with Crippen LogP contribution in [0.1, 0.15) is 18.9 Å². The number of benzene rings is 1. The van der Waals surface area contributed by atoms with Crippen LogP contribution in [0.25, 0.3) is 6.08 Å². The van der Waals surface area contributed by atoms with Crippen LogP contribution in [0, 0.1) is 11.3 Å². The third kappa shape index (κ3) is 3.99. The molecule has 4 nitrogen and oxygen atoms in total. The van der Waals surface area contributed by atoms with Crippen LogP contribution < -0.4 is 10.5 Å². The van der Waals surface area contributed by atoms with Crippen LogP contribution in [0.5, 0.6) is 5.75 Å². The molecule has 0 spiro atoms. The van der Waals surface area contributed by atoms with Gasteiger partial charge in [-0.3, -0.25) is 4.79 Å². The van der Waals surface area contributed by atoms with Gasteiger partial charge in [0.05, 0.1) is 6.61 Å². The summed E-state index contributed by atoms with van der Waals surface area (Å²) < 4.78 is 5.44. The Balaban J connectivity index is 2.92. The molecule has 1 amide bonds. The predicted molar refractivity (Wildman–Crippen MR) is 65.0 cm³/mol. The first-order valence-corrected chi connectivity index (χ1v) is 5.32. The van der Waals surface area contributed by atoms with Gasteiger partial charge < -0.3 is 10.5 Å². The van der Waals surface area contributed by atoms with Crippen molar-refractivity contribution in [3.05, 3.63) is 35.4 Å². The molecule has 1 rings (SSSR count). The first-order chi connectivity index (χ1) is 8.17. The Hall–Kier alpha value is -2.28. The third-order valence-electron chi connectivity index (χ3n) is 2.03. The van der Waals surface area contributed by atoms with Gasteiger partial charge >= 0.3 is 0 Å². The summed E-state index contributed by atoms with van der Waals surface area (Å²) in [6.07, 6.45) is 2.37. The minimum Gasteiger partial charge on any atom is -0.494 e. The molecule has 0 aromatic heterocycles. The largest absolute Gasteiger partial charge is 0.494 e. The van der Waals surface area contributed by atoms with Crippen molar-refractivity contribution in [3.8, 4) is 11.8 Å². The molecule has 0 aliphatic carbocycles. The number of primary amides is 1. The van der Waals surface area contributed by atoms with Gasteiger partial charge in [0, 0.05) is 0 Å². The number of nitrogens with zero attached hydrogens (tertiary/aromatic N) is 1. The summed E-state index contributed by atoms with van der Waals surface area (Å²) in [4.78, 5) is 10.9. The summed E-state index contributed by atoms with van der Waals surface area (Å²) in [6.45, 7) is 2.65. The summed E-state index contributed by atoms with van der Waals surface area (Å²) in [5, 5.41) is 8.72. The van der Waals surface area contributed by atoms with Gasteiger partial charge in [-0.2, -0.15) is 5.26 Å². The summed E-state index contributed by atoms with van der Waals surface area (Å²) in [7, 11) is 0. The first kappa shape index (κ1) is 12.8. The van der Waals surface area contributed by atoms with E-state index in [-0.39, 0.29) is 5.57 Å². The maximum atomic E-state index is 10.9. The maximum absolute atomic E-state index is 10.9. The van der Waals surface area contributed by atoms with E-state index in [1.807, 2.05) is 13.0 Å². The molecule has 0 fully saturated rings. The van der Waals surface area contributed by atoms with Gasteiger partial charge in [0.1, 0.15) is 17.4 Å². The van der Waals surface area contributed by atoms with Gasteiger partial charge in [-0.25, -0.2) is 0 Å². The van der Waals surface area contributed by atoms with Crippen LogP contribution in [0.2, 0.25) is 0 Å². The van der Waals surface area contributed by atoms with Crippen LogP contribution in [0.15, 0.2) is 29.8 Å². The molecule has 1 aromatic carbocycles. The van der Waals surface area contributed by atoms with E-state index < -0.39 is 5.91 Å². The zero-order valence-corrected chi connectivity index (χ0v) is 9.64. The summed E-state index contributed by atoms with van der Waals surface area (Å²) in [5.74, 6) is -0.0188. The van der Waals surface area contributed by atoms with Gasteiger partial charge in [-0.15, -0.1) is 0 Å². The zero-order valence-electron chi connectivity index (χ0n) is 9.64. The molecule has 88 valence electrons. The standard InChI is InChI=1S/C13H14N2O2/c1-2-6-17-12-5-3-4-10(8-12)7-11(9-14)13(15)16/h3-5,7-8H,2,6H2,1H3,(H2,15,16)/b11-7+. The van der Waals surface area contributed by atoms with E-state index in [4.69, 9.17) is 15.7 Å². The van der Waals surface area contributed by atoms with E-state index in [1.165, 1.54) is 6.08 Å². The molecular weight excluding hydrogens is 216 g/mol. The average Bonchev–Trinajstić information content (AvgIpc) is 2.33. The fourth-order valence-corrected chi connectivity index (χ4v) is 1.24. The fraction of sp³-hybridized carbons (Fsp3) is 0.231. The Bertz CT molecular complexity index is 473. The molecule has 1 aromatic rings. The summed E-state index contributed by atoms with van der Waals surface area (Å²) >= 11 is 0. The molecule has 0 atom stereocenters. The lowest BCUT2D eigenvalue weighted by atomic mass is 10.1. The Morgan fingerprint density at radius 1 is 1.59 bits per heavy atom. The number of amides is 1. The van der Waals surface area contributed by atoms with Crippen LogP contribution in [-0.2, 0) is 4.79 Å². The van der Waals surface area contributed by atoms with Crippen molar-refractivity contribution < 1.29 is 9.53 Å². The van der Waals surface area contributed by atoms with Crippen molar-refractivity contribution in [2.75, 3.05) is 6.61 Å². The second-order valence-corrected chi connectivity index (χ2v) is 3.46. The van der Waals surface area contributed by atoms with E-state index in [0.29, 0.717) is 17.9 Å². The molecule has 0 heterocycles. The highest BCUT2D eigenvalue weighted by atomic mass is 16.5. The lowest BCUT2D eigenvalue weighted by Crippen LogP contribution is -2.12. The monoisotopic (exact) mass is 230 g/mol. The van der Waals surface area contributed by atoms with Gasteiger partial charge in [0.25, 0.3) is 5.91 Å². The minimum atomic E-state index is -0.729. The highest BCUT2D eigenvalue weighted by Gasteiger charge is 2.03. The molecule has 0 unspecified atom stereocenters. The molecule has 0 saturated heterocycles. The number of nitriles is 1. The van der Waals surface area contributed by atoms with Crippen LogP contribution in [-0.4, -0.2) is 12.5 Å². The highest BCUT2D eigenvalue weighted by molar-refractivity contribution is 6.00. The maximum Gasteiger partial charge on any atom is 0.259 e. The zero-order chi connectivity index (χ0) is 12.7. The quantitative estimate of drug-likeness (QED) is 0.619. The van der Waals surface area contributed by atoms with Crippen molar-refractivity contribution in [1.29, 1.82) is 5.26 Å². The number of hydrogen-bond acceptors (Lipinski definition) is 3. The lowest BCUT2D eigenvalue weighted by molar-refractivity contribution is -0.114. The average molecular weight is 230 g/mol. The predicted octanol–water partition coefficient (Wildman–Crippen LogP) is 1.87. The minimum absolute atomic E-state index is 0.0716. The Labute approximate surface area is 100 Å². The summed E-state index contributed by atoms with van der Waals surface area (Å²) in [6, 6.07) is 8.92. The van der Waals surface area contributed by atoms with Crippen LogP contribution in [0.4, 0.5) is 0 Å². The second-order valence-electron chi connectivity index (χ2n) is 3.46. The van der Waals surface area contributed by atoms with E-state index in [0.717, 1.165) is 6.42 Å². The molecule has 17 heavy (non-hydrogen) atoms. The molecule has 4 heteroatoms. The van der Waals surface area contributed by atoms with E-state index in [1.54, 1.807) is 24.3 Å². The van der Waals surface area contributed by atoms with Crippen molar-refractivity contribution >= 4 is 12.0 Å². The van der Waals surface area contributed by atoms with Crippen molar-refractivity contribution in [1.82, 2.24) is 0 Å². The highest BCUT2D eigenvalue weighted by Crippen LogP contribution is 2.16. The van der Waals surface area contributed by atoms with Crippen LogP contribution in [0.3, 0.4) is 0 Å². The van der Waals surface area contributed by atoms with Crippen LogP contribution >= 0.6 is 0 Å². The normalized spacial score (nSPS) is 10.7. The van der Waals surface area contributed by atoms with Crippen molar-refractivity contribution in [3.63, 3.8) is 0 Å². The molecule has 0 saturated carbocycles. The smallest absolute Gasteiger partial charge is 0.259 e. The molecular formula is C13H14N2O2. The van der Waals surface area contributed by atoms with E-state index >= 15 is 0 Å². The van der Waals surface area contributed by atoms with Gasteiger partial charge in [-0.1, -0.05) is 19.1 Å². The van der Waals surface area contributed by atoms with Gasteiger partial charge in [0.15, 0.2) is 0 Å². The molecule has 0 bridgehead atoms. The van der Waals surface area contributed by atoms with E-state index in [2.05, 4.69) is 0 Å². The second kappa shape index (κ2) is 6.33. The van der Waals surface area contributed by atoms with Crippen molar-refractivity contribution in [2.45, 2.75) is 13.3 Å². The summed E-state index contributed by atoms with van der Waals surface area (Å²) in [5.41, 5.74) is 5.70. The number of carbonyl (C=O) groups is 1. The Morgan fingerprint density at radius 2 is 2.35 bits per heavy atom. The molecule has 2 N–H and O–H groups in total. The Kier molecular flexibility index (Phi) is 4.77.